The van der Waals surface area contributed by atoms with Crippen molar-refractivity contribution in [1.82, 2.24) is 28.7 Å². The lowest BCUT2D eigenvalue weighted by atomic mass is 10.3. The standard InChI is InChI=1S/C28H24N6Si/c1-35(26-8-2-23(3-9-26)32-17-14-29-20-32,27-10-4-24(5-11-27)33-18-15-30-21-33)28-12-6-25(7-13-28)34-19-16-31-22-34/h2-22H,1H3. The predicted molar refractivity (Wildman–Crippen MR) is 141 cm³/mol. The molecule has 3 heterocycles. The number of imidazole rings is 3. The van der Waals surface area contributed by atoms with E-state index in [9.17, 15) is 0 Å². The summed E-state index contributed by atoms with van der Waals surface area (Å²) in [5.41, 5.74) is 3.32. The van der Waals surface area contributed by atoms with Crippen molar-refractivity contribution in [3.8, 4) is 17.1 Å². The van der Waals surface area contributed by atoms with Crippen molar-refractivity contribution >= 4 is 23.6 Å². The zero-order valence-corrected chi connectivity index (χ0v) is 20.3. The summed E-state index contributed by atoms with van der Waals surface area (Å²) in [5, 5.41) is 4.06. The molecule has 6 aromatic rings. The molecule has 170 valence electrons. The zero-order valence-electron chi connectivity index (χ0n) is 19.3. The summed E-state index contributed by atoms with van der Waals surface area (Å²) in [4.78, 5) is 12.5. The Labute approximate surface area is 204 Å². The van der Waals surface area contributed by atoms with E-state index >= 15 is 0 Å². The van der Waals surface area contributed by atoms with Crippen LogP contribution in [0.2, 0.25) is 6.55 Å². The molecule has 0 spiro atoms. The fourth-order valence-electron chi connectivity index (χ4n) is 4.64. The summed E-state index contributed by atoms with van der Waals surface area (Å²) in [6, 6.07) is 26.7. The maximum Gasteiger partial charge on any atom is 0.145 e. The number of hydrogen-bond donors (Lipinski definition) is 0. The molecule has 7 heteroatoms. The highest BCUT2D eigenvalue weighted by Gasteiger charge is 2.34. The SMILES string of the molecule is C[Si](c1ccc(-n2ccnc2)cc1)(c1ccc(-n2ccnc2)cc1)c1ccc(-n2ccnc2)cc1. The fourth-order valence-corrected chi connectivity index (χ4v) is 8.14. The first-order chi connectivity index (χ1) is 17.2. The molecule has 6 rings (SSSR count). The van der Waals surface area contributed by atoms with Crippen LogP contribution in [0.5, 0.6) is 0 Å². The molecular weight excluding hydrogens is 448 g/mol. The quantitative estimate of drug-likeness (QED) is 0.276. The number of aromatic nitrogens is 6. The molecule has 3 aromatic heterocycles. The molecule has 0 bridgehead atoms. The van der Waals surface area contributed by atoms with E-state index in [1.165, 1.54) is 15.6 Å². The van der Waals surface area contributed by atoms with Crippen LogP contribution in [0.1, 0.15) is 0 Å². The number of rotatable bonds is 6. The summed E-state index contributed by atoms with van der Waals surface area (Å²) in [6.45, 7) is 2.43. The Morgan fingerprint density at radius 1 is 0.457 bits per heavy atom. The highest BCUT2D eigenvalue weighted by atomic mass is 28.3. The first-order valence-corrected chi connectivity index (χ1v) is 14.0. The highest BCUT2D eigenvalue weighted by Crippen LogP contribution is 2.14. The predicted octanol–water partition coefficient (Wildman–Crippen LogP) is 3.34. The largest absolute Gasteiger partial charge is 0.306 e. The van der Waals surface area contributed by atoms with Gasteiger partial charge in [-0.1, -0.05) is 42.9 Å². The first-order valence-electron chi connectivity index (χ1n) is 11.5. The molecule has 0 aliphatic rings. The minimum atomic E-state index is -2.28. The van der Waals surface area contributed by atoms with Crippen molar-refractivity contribution in [2.45, 2.75) is 6.55 Å². The van der Waals surface area contributed by atoms with E-state index in [4.69, 9.17) is 0 Å². The summed E-state index contributed by atoms with van der Waals surface area (Å²) in [7, 11) is -2.28. The molecule has 0 amide bonds. The molecule has 0 N–H and O–H groups in total. The maximum atomic E-state index is 4.18. The van der Waals surface area contributed by atoms with Gasteiger partial charge in [-0.05, 0) is 52.0 Å². The van der Waals surface area contributed by atoms with Gasteiger partial charge in [0.05, 0.1) is 19.0 Å². The van der Waals surface area contributed by atoms with Crippen LogP contribution in [0, 0.1) is 0 Å². The van der Waals surface area contributed by atoms with Crippen molar-refractivity contribution in [3.05, 3.63) is 129 Å². The Morgan fingerprint density at radius 3 is 0.971 bits per heavy atom. The Morgan fingerprint density at radius 2 is 0.743 bits per heavy atom. The van der Waals surface area contributed by atoms with E-state index in [1.54, 1.807) is 18.6 Å². The minimum Gasteiger partial charge on any atom is -0.306 e. The van der Waals surface area contributed by atoms with Gasteiger partial charge in [-0.25, -0.2) is 15.0 Å². The van der Waals surface area contributed by atoms with E-state index in [-0.39, 0.29) is 0 Å². The molecule has 35 heavy (non-hydrogen) atoms. The third-order valence-electron chi connectivity index (χ3n) is 6.74. The molecule has 0 saturated heterocycles. The Bertz CT molecular complexity index is 1310. The normalized spacial score (nSPS) is 11.6. The van der Waals surface area contributed by atoms with Crippen LogP contribution in [0.3, 0.4) is 0 Å². The van der Waals surface area contributed by atoms with Gasteiger partial charge in [0.15, 0.2) is 0 Å². The van der Waals surface area contributed by atoms with Crippen LogP contribution >= 0.6 is 0 Å². The van der Waals surface area contributed by atoms with Gasteiger partial charge in [0, 0.05) is 54.2 Å². The van der Waals surface area contributed by atoms with Crippen LogP contribution < -0.4 is 15.6 Å². The van der Waals surface area contributed by atoms with Crippen LogP contribution in [0.4, 0.5) is 0 Å². The monoisotopic (exact) mass is 472 g/mol. The van der Waals surface area contributed by atoms with E-state index < -0.39 is 8.07 Å². The van der Waals surface area contributed by atoms with Gasteiger partial charge in [0.1, 0.15) is 8.07 Å². The average molecular weight is 473 g/mol. The summed E-state index contributed by atoms with van der Waals surface area (Å²) in [6.07, 6.45) is 16.8. The average Bonchev–Trinajstić information content (AvgIpc) is 3.73. The Kier molecular flexibility index (Phi) is 5.24. The summed E-state index contributed by atoms with van der Waals surface area (Å²) >= 11 is 0. The Balaban J connectivity index is 1.44. The minimum absolute atomic E-state index is 1.11. The number of nitrogens with zero attached hydrogens (tertiary/aromatic N) is 6. The summed E-state index contributed by atoms with van der Waals surface area (Å²) < 4.78 is 6.09. The van der Waals surface area contributed by atoms with Crippen LogP contribution in [-0.4, -0.2) is 36.7 Å². The second kappa shape index (κ2) is 8.70. The van der Waals surface area contributed by atoms with E-state index in [0.717, 1.165) is 17.1 Å². The van der Waals surface area contributed by atoms with Crippen molar-refractivity contribution in [1.29, 1.82) is 0 Å². The van der Waals surface area contributed by atoms with Gasteiger partial charge in [-0.2, -0.15) is 0 Å². The lowest BCUT2D eigenvalue weighted by Crippen LogP contribution is -2.64. The first kappa shape index (κ1) is 21.1. The molecule has 0 unspecified atom stereocenters. The van der Waals surface area contributed by atoms with Gasteiger partial charge < -0.3 is 13.7 Å². The third kappa shape index (κ3) is 3.81. The van der Waals surface area contributed by atoms with Crippen molar-refractivity contribution < 1.29 is 0 Å². The van der Waals surface area contributed by atoms with E-state index in [2.05, 4.69) is 94.3 Å². The Hall–Kier alpha value is -4.49. The van der Waals surface area contributed by atoms with Gasteiger partial charge in [-0.3, -0.25) is 0 Å². The zero-order chi connectivity index (χ0) is 23.7. The molecule has 0 saturated carbocycles. The second-order valence-corrected chi connectivity index (χ2v) is 12.7. The van der Waals surface area contributed by atoms with Crippen molar-refractivity contribution in [2.24, 2.45) is 0 Å². The molecule has 0 atom stereocenters. The van der Waals surface area contributed by atoms with E-state index in [1.807, 2.05) is 51.3 Å². The molecular formula is C28H24N6Si. The number of hydrogen-bond acceptors (Lipinski definition) is 3. The van der Waals surface area contributed by atoms with Gasteiger partial charge in [-0.15, -0.1) is 0 Å². The smallest absolute Gasteiger partial charge is 0.145 e. The van der Waals surface area contributed by atoms with Gasteiger partial charge in [0.25, 0.3) is 0 Å². The lowest BCUT2D eigenvalue weighted by molar-refractivity contribution is 1.06. The van der Waals surface area contributed by atoms with Crippen LogP contribution in [0.25, 0.3) is 17.1 Å². The number of benzene rings is 3. The molecule has 0 radical (unpaired) electrons. The second-order valence-electron chi connectivity index (χ2n) is 8.68. The third-order valence-corrected chi connectivity index (χ3v) is 11.2. The molecule has 0 fully saturated rings. The fraction of sp³-hybridized carbons (Fsp3) is 0.0357. The highest BCUT2D eigenvalue weighted by molar-refractivity contribution is 7.10. The molecule has 0 aliphatic heterocycles. The lowest BCUT2D eigenvalue weighted by Gasteiger charge is -2.30. The summed E-state index contributed by atoms with van der Waals surface area (Å²) in [5.74, 6) is 0. The van der Waals surface area contributed by atoms with Crippen molar-refractivity contribution in [3.63, 3.8) is 0 Å². The topological polar surface area (TPSA) is 53.5 Å². The molecule has 3 aromatic carbocycles. The van der Waals surface area contributed by atoms with E-state index in [0.29, 0.717) is 0 Å². The van der Waals surface area contributed by atoms with Gasteiger partial charge >= 0.3 is 0 Å². The van der Waals surface area contributed by atoms with Crippen LogP contribution in [-0.2, 0) is 0 Å². The molecule has 6 nitrogen and oxygen atoms in total. The van der Waals surface area contributed by atoms with Crippen molar-refractivity contribution in [2.75, 3.05) is 0 Å². The molecule has 0 aliphatic carbocycles. The van der Waals surface area contributed by atoms with Gasteiger partial charge in [0.2, 0.25) is 0 Å². The van der Waals surface area contributed by atoms with Crippen LogP contribution in [0.15, 0.2) is 129 Å². The maximum absolute atomic E-state index is 4.18.